The van der Waals surface area contributed by atoms with Gasteiger partial charge < -0.3 is 35.7 Å². The molecule has 5 heteroatoms. The maximum atomic E-state index is 5.99. The van der Waals surface area contributed by atoms with E-state index in [9.17, 15) is 0 Å². The molecule has 0 aromatic rings. The van der Waals surface area contributed by atoms with Gasteiger partial charge in [0, 0.05) is 13.2 Å². The van der Waals surface area contributed by atoms with Crippen molar-refractivity contribution in [3.8, 4) is 0 Å². The molecule has 1 fully saturated rings. The van der Waals surface area contributed by atoms with Crippen LogP contribution in [0.2, 0.25) is 0 Å². The monoisotopic (exact) mass is 535 g/mol. The van der Waals surface area contributed by atoms with E-state index in [1.165, 1.54) is 103 Å². The van der Waals surface area contributed by atoms with Crippen molar-refractivity contribution in [3.05, 3.63) is 0 Å². The third kappa shape index (κ3) is 20.2. The molecule has 0 aliphatic carbocycles. The summed E-state index contributed by atoms with van der Waals surface area (Å²) in [6.07, 6.45) is 22.8. The van der Waals surface area contributed by atoms with Crippen molar-refractivity contribution >= 4 is 0 Å². The third-order valence-electron chi connectivity index (χ3n) is 7.04. The van der Waals surface area contributed by atoms with E-state index in [1.54, 1.807) is 0 Å². The molecular weight excluding hydrogens is 478 g/mol. The van der Waals surface area contributed by atoms with Crippen molar-refractivity contribution in [3.63, 3.8) is 0 Å². The molecule has 1 aliphatic heterocycles. The summed E-state index contributed by atoms with van der Waals surface area (Å²) < 4.78 is 18.5. The second-order valence-electron chi connectivity index (χ2n) is 10.3. The molecule has 0 aromatic carbocycles. The minimum absolute atomic E-state index is 0. The Kier molecular flexibility index (Phi) is 24.3. The van der Waals surface area contributed by atoms with Crippen LogP contribution in [0, 0.1) is 0 Å². The average molecular weight is 537 g/mol. The first kappa shape index (κ1) is 33.3. The third-order valence-corrected chi connectivity index (χ3v) is 7.04. The summed E-state index contributed by atoms with van der Waals surface area (Å²) in [5, 5.41) is 0. The zero-order valence-corrected chi connectivity index (χ0v) is 24.2. The van der Waals surface area contributed by atoms with Gasteiger partial charge in [-0.25, -0.2) is 0 Å². The van der Waals surface area contributed by atoms with E-state index >= 15 is 0 Å². The predicted octanol–water partition coefficient (Wildman–Crippen LogP) is 4.15. The maximum absolute atomic E-state index is 5.99. The van der Waals surface area contributed by atoms with E-state index in [2.05, 4.69) is 20.9 Å². The molecule has 1 saturated heterocycles. The summed E-state index contributed by atoms with van der Waals surface area (Å²) in [5.41, 5.74) is 0. The quantitative estimate of drug-likeness (QED) is 0.145. The first-order chi connectivity index (χ1) is 15.7. The molecule has 0 spiro atoms. The highest BCUT2D eigenvalue weighted by molar-refractivity contribution is 4.59. The number of halogens is 1. The van der Waals surface area contributed by atoms with Crippen molar-refractivity contribution < 1.29 is 35.7 Å². The van der Waals surface area contributed by atoms with Crippen molar-refractivity contribution in [2.45, 2.75) is 123 Å². The fourth-order valence-electron chi connectivity index (χ4n) is 4.81. The van der Waals surface area contributed by atoms with Gasteiger partial charge in [-0.3, -0.25) is 0 Å². The van der Waals surface area contributed by atoms with Gasteiger partial charge >= 0.3 is 0 Å². The van der Waals surface area contributed by atoms with Gasteiger partial charge in [0.05, 0.1) is 26.9 Å². The van der Waals surface area contributed by atoms with Crippen LogP contribution in [0.15, 0.2) is 0 Å². The van der Waals surface area contributed by atoms with E-state index < -0.39 is 0 Å². The zero-order chi connectivity index (χ0) is 23.2. The second kappa shape index (κ2) is 24.0. The number of rotatable bonds is 23. The molecule has 0 radical (unpaired) electrons. The molecule has 1 rings (SSSR count). The molecule has 0 amide bonds. The normalized spacial score (nSPS) is 16.5. The Labute approximate surface area is 217 Å². The molecule has 33 heavy (non-hydrogen) atoms. The Morgan fingerprint density at radius 1 is 0.697 bits per heavy atom. The Bertz CT molecular complexity index is 391. The van der Waals surface area contributed by atoms with E-state index in [-0.39, 0.29) is 23.1 Å². The minimum Gasteiger partial charge on any atom is -1.00 e. The van der Waals surface area contributed by atoms with Crippen molar-refractivity contribution in [1.29, 1.82) is 0 Å². The number of hydrogen-bond acceptors (Lipinski definition) is 3. The molecule has 0 bridgehead atoms. The highest BCUT2D eigenvalue weighted by atomic mass is 79.9. The highest BCUT2D eigenvalue weighted by Crippen LogP contribution is 2.14. The number of nitrogens with zero attached hydrogens (tertiary/aromatic N) is 1. The van der Waals surface area contributed by atoms with Crippen LogP contribution in [0.25, 0.3) is 0 Å². The van der Waals surface area contributed by atoms with Crippen LogP contribution in [-0.2, 0) is 14.2 Å². The van der Waals surface area contributed by atoms with Gasteiger partial charge in [-0.05, 0) is 13.3 Å². The van der Waals surface area contributed by atoms with Gasteiger partial charge in [-0.15, -0.1) is 0 Å². The van der Waals surface area contributed by atoms with E-state index in [0.29, 0.717) is 0 Å². The summed E-state index contributed by atoms with van der Waals surface area (Å²) in [7, 11) is 2.32. The number of unbranched alkanes of at least 4 members (excludes halogenated alkanes) is 15. The highest BCUT2D eigenvalue weighted by Gasteiger charge is 2.29. The first-order valence-corrected chi connectivity index (χ1v) is 14.3. The number of ether oxygens (including phenoxy) is 3. The smallest absolute Gasteiger partial charge is 0.130 e. The Morgan fingerprint density at radius 2 is 1.15 bits per heavy atom. The largest absolute Gasteiger partial charge is 1.00 e. The van der Waals surface area contributed by atoms with Gasteiger partial charge in [0.15, 0.2) is 0 Å². The Hall–Kier alpha value is 0.320. The molecule has 1 atom stereocenters. The van der Waals surface area contributed by atoms with E-state index in [4.69, 9.17) is 14.2 Å². The lowest BCUT2D eigenvalue weighted by Gasteiger charge is -2.39. The number of hydrogen-bond donors (Lipinski definition) is 0. The number of quaternary nitrogens is 1. The fourth-order valence-corrected chi connectivity index (χ4v) is 4.81. The summed E-state index contributed by atoms with van der Waals surface area (Å²) >= 11 is 0. The van der Waals surface area contributed by atoms with Crippen molar-refractivity contribution in [2.24, 2.45) is 0 Å². The zero-order valence-electron chi connectivity index (χ0n) is 22.6. The second-order valence-corrected chi connectivity index (χ2v) is 10.3. The first-order valence-electron chi connectivity index (χ1n) is 14.3. The average Bonchev–Trinajstić information content (AvgIpc) is 2.78. The summed E-state index contributed by atoms with van der Waals surface area (Å²) in [4.78, 5) is 0. The molecule has 1 heterocycles. The summed E-state index contributed by atoms with van der Waals surface area (Å²) in [6.45, 7) is 11.7. The van der Waals surface area contributed by atoms with E-state index in [1.807, 2.05) is 0 Å². The van der Waals surface area contributed by atoms with Gasteiger partial charge in [-0.2, -0.15) is 0 Å². The van der Waals surface area contributed by atoms with Crippen molar-refractivity contribution in [1.82, 2.24) is 0 Å². The molecule has 0 N–H and O–H groups in total. The van der Waals surface area contributed by atoms with Crippen LogP contribution in [0.1, 0.15) is 117 Å². The van der Waals surface area contributed by atoms with Crippen LogP contribution in [0.3, 0.4) is 0 Å². The van der Waals surface area contributed by atoms with Crippen LogP contribution < -0.4 is 17.0 Å². The standard InChI is InChI=1S/C28H58NO3.BrH/c1-4-6-7-8-9-10-11-12-13-14-15-16-17-18-19-20-23-31-27-28(32-5-2)26-29(3)21-24-30-25-22-29;/h28H,4-27H2,1-3H3;1H/q+1;/p-1. The molecule has 4 nitrogen and oxygen atoms in total. The topological polar surface area (TPSA) is 27.7 Å². The van der Waals surface area contributed by atoms with Crippen LogP contribution in [-0.4, -0.2) is 70.3 Å². The molecule has 200 valence electrons. The SMILES string of the molecule is CCCCCCCCCCCCCCCCCCOCC(C[N+]1(C)CCOCC1)OCC.[Br-]. The molecular formula is C28H58BrNO3. The van der Waals surface area contributed by atoms with Crippen LogP contribution >= 0.6 is 0 Å². The molecule has 1 aliphatic rings. The Morgan fingerprint density at radius 3 is 1.61 bits per heavy atom. The summed E-state index contributed by atoms with van der Waals surface area (Å²) in [6, 6.07) is 0. The van der Waals surface area contributed by atoms with Gasteiger partial charge in [0.2, 0.25) is 0 Å². The van der Waals surface area contributed by atoms with Crippen molar-refractivity contribution in [2.75, 3.05) is 59.7 Å². The minimum atomic E-state index is 0. The molecule has 1 unspecified atom stereocenters. The lowest BCUT2D eigenvalue weighted by atomic mass is 10.0. The molecule has 0 saturated carbocycles. The molecule has 0 aromatic heterocycles. The van der Waals surface area contributed by atoms with Crippen LogP contribution in [0.5, 0.6) is 0 Å². The van der Waals surface area contributed by atoms with Crippen LogP contribution in [0.4, 0.5) is 0 Å². The van der Waals surface area contributed by atoms with Gasteiger partial charge in [0.1, 0.15) is 25.7 Å². The summed E-state index contributed by atoms with van der Waals surface area (Å²) in [5.74, 6) is 0. The maximum Gasteiger partial charge on any atom is 0.130 e. The van der Waals surface area contributed by atoms with Gasteiger partial charge in [0.25, 0.3) is 0 Å². The lowest BCUT2D eigenvalue weighted by molar-refractivity contribution is -0.919. The Balaban J connectivity index is 0.0000102. The van der Waals surface area contributed by atoms with Gasteiger partial charge in [-0.1, -0.05) is 103 Å². The lowest BCUT2D eigenvalue weighted by Crippen LogP contribution is -3.00. The predicted molar refractivity (Wildman–Crippen MR) is 137 cm³/mol. The fraction of sp³-hybridized carbons (Fsp3) is 1.00. The van der Waals surface area contributed by atoms with E-state index in [0.717, 1.165) is 57.2 Å². The number of morpholine rings is 1. The number of likely N-dealkylation sites (N-methyl/N-ethyl adjacent to an activating group) is 1.